The minimum absolute atomic E-state index is 0.118. The fourth-order valence-corrected chi connectivity index (χ4v) is 2.63. The highest BCUT2D eigenvalue weighted by Gasteiger charge is 2.60. The average Bonchev–Trinajstić information content (AvgIpc) is 3.12. The summed E-state index contributed by atoms with van der Waals surface area (Å²) in [6.07, 6.45) is -0.850. The molecule has 0 spiro atoms. The van der Waals surface area contributed by atoms with Crippen LogP contribution >= 0.6 is 0 Å². The van der Waals surface area contributed by atoms with Crippen LogP contribution in [-0.4, -0.2) is 53.8 Å². The van der Waals surface area contributed by atoms with E-state index in [1.54, 1.807) is 48.5 Å². The van der Waals surface area contributed by atoms with Gasteiger partial charge in [-0.1, -0.05) is 6.92 Å². The number of methoxy groups -OCH3 is 1. The number of carbonyl (C=O) groups excluding carboxylic acids is 4. The molecule has 1 fully saturated rings. The molecular weight excluding hydrogens is 368 g/mol. The molecule has 0 saturated heterocycles. The third-order valence-electron chi connectivity index (χ3n) is 4.00. The molecule has 160 valence electrons. The van der Waals surface area contributed by atoms with Gasteiger partial charge in [0.2, 0.25) is 5.91 Å². The van der Waals surface area contributed by atoms with Crippen LogP contribution in [-0.2, 0) is 28.6 Å². The summed E-state index contributed by atoms with van der Waals surface area (Å²) in [4.78, 5) is 49.1. The van der Waals surface area contributed by atoms with Gasteiger partial charge in [0.25, 0.3) is 0 Å². The Balaban J connectivity index is 2.92. The van der Waals surface area contributed by atoms with Crippen LogP contribution in [0.25, 0.3) is 0 Å². The SMILES string of the molecule is COC(=O)[C@@]1(NC(=O)C(CC(=O)OC(C)(C)C)NC(=O)OC(C)(C)C)C[C@H]1C. The van der Waals surface area contributed by atoms with Crippen molar-refractivity contribution in [2.75, 3.05) is 7.11 Å². The molecule has 9 nitrogen and oxygen atoms in total. The highest BCUT2D eigenvalue weighted by Crippen LogP contribution is 2.44. The molecular formula is C19H32N2O7. The zero-order valence-corrected chi connectivity index (χ0v) is 17.9. The molecule has 0 aromatic heterocycles. The number of nitrogens with one attached hydrogen (secondary N) is 2. The molecule has 1 unspecified atom stereocenters. The van der Waals surface area contributed by atoms with Crippen LogP contribution in [0.3, 0.4) is 0 Å². The molecule has 3 atom stereocenters. The maximum atomic E-state index is 12.8. The van der Waals surface area contributed by atoms with Crippen molar-refractivity contribution < 1.29 is 33.4 Å². The lowest BCUT2D eigenvalue weighted by Crippen LogP contribution is -2.55. The van der Waals surface area contributed by atoms with E-state index >= 15 is 0 Å². The normalized spacial score (nSPS) is 22.5. The molecule has 0 aromatic rings. The number of amides is 2. The molecule has 1 aliphatic carbocycles. The first-order valence-electron chi connectivity index (χ1n) is 9.21. The molecule has 1 rings (SSSR count). The molecule has 0 heterocycles. The van der Waals surface area contributed by atoms with E-state index in [2.05, 4.69) is 10.6 Å². The van der Waals surface area contributed by atoms with Crippen LogP contribution in [0.4, 0.5) is 4.79 Å². The quantitative estimate of drug-likeness (QED) is 0.514. The molecule has 2 amide bonds. The Morgan fingerprint density at radius 2 is 1.54 bits per heavy atom. The van der Waals surface area contributed by atoms with Crippen molar-refractivity contribution in [3.05, 3.63) is 0 Å². The van der Waals surface area contributed by atoms with Crippen LogP contribution < -0.4 is 10.6 Å². The van der Waals surface area contributed by atoms with E-state index in [9.17, 15) is 19.2 Å². The largest absolute Gasteiger partial charge is 0.467 e. The molecule has 1 saturated carbocycles. The monoisotopic (exact) mass is 400 g/mol. The van der Waals surface area contributed by atoms with Gasteiger partial charge in [0, 0.05) is 0 Å². The summed E-state index contributed by atoms with van der Waals surface area (Å²) in [5.74, 6) is -2.04. The van der Waals surface area contributed by atoms with Gasteiger partial charge >= 0.3 is 18.0 Å². The predicted octanol–water partition coefficient (Wildman–Crippen LogP) is 1.68. The number of carbonyl (C=O) groups is 4. The average molecular weight is 400 g/mol. The van der Waals surface area contributed by atoms with Gasteiger partial charge in [-0.3, -0.25) is 9.59 Å². The van der Waals surface area contributed by atoms with Gasteiger partial charge in [-0.05, 0) is 53.9 Å². The van der Waals surface area contributed by atoms with Crippen molar-refractivity contribution >= 4 is 23.9 Å². The van der Waals surface area contributed by atoms with E-state index in [4.69, 9.17) is 14.2 Å². The second kappa shape index (κ2) is 8.36. The number of alkyl carbamates (subject to hydrolysis) is 1. The topological polar surface area (TPSA) is 120 Å². The van der Waals surface area contributed by atoms with E-state index in [-0.39, 0.29) is 5.92 Å². The van der Waals surface area contributed by atoms with Crippen molar-refractivity contribution in [1.82, 2.24) is 10.6 Å². The van der Waals surface area contributed by atoms with Crippen molar-refractivity contribution in [3.8, 4) is 0 Å². The van der Waals surface area contributed by atoms with Crippen LogP contribution in [0.2, 0.25) is 0 Å². The summed E-state index contributed by atoms with van der Waals surface area (Å²) in [6.45, 7) is 11.9. The summed E-state index contributed by atoms with van der Waals surface area (Å²) >= 11 is 0. The first-order valence-corrected chi connectivity index (χ1v) is 9.21. The highest BCUT2D eigenvalue weighted by atomic mass is 16.6. The Kier molecular flexibility index (Phi) is 7.08. The van der Waals surface area contributed by atoms with Gasteiger partial charge < -0.3 is 24.8 Å². The lowest BCUT2D eigenvalue weighted by atomic mass is 10.1. The van der Waals surface area contributed by atoms with E-state index in [1.807, 2.05) is 0 Å². The van der Waals surface area contributed by atoms with Gasteiger partial charge in [0.05, 0.1) is 13.5 Å². The number of hydrogen-bond donors (Lipinski definition) is 2. The predicted molar refractivity (Wildman–Crippen MR) is 100 cm³/mol. The lowest BCUT2D eigenvalue weighted by Gasteiger charge is -2.26. The Bertz CT molecular complexity index is 603. The smallest absolute Gasteiger partial charge is 0.408 e. The second-order valence-corrected chi connectivity index (χ2v) is 9.05. The van der Waals surface area contributed by atoms with E-state index in [1.165, 1.54) is 7.11 Å². The third kappa shape index (κ3) is 7.01. The van der Waals surface area contributed by atoms with Crippen LogP contribution in [0.15, 0.2) is 0 Å². The fraction of sp³-hybridized carbons (Fsp3) is 0.789. The van der Waals surface area contributed by atoms with Crippen LogP contribution in [0.1, 0.15) is 61.3 Å². The Labute approximate surface area is 165 Å². The molecule has 0 bridgehead atoms. The fourth-order valence-electron chi connectivity index (χ4n) is 2.63. The van der Waals surface area contributed by atoms with E-state index in [0.29, 0.717) is 6.42 Å². The summed E-state index contributed by atoms with van der Waals surface area (Å²) in [6, 6.07) is -1.26. The van der Waals surface area contributed by atoms with E-state index in [0.717, 1.165) is 0 Å². The van der Waals surface area contributed by atoms with Crippen molar-refractivity contribution in [1.29, 1.82) is 0 Å². The van der Waals surface area contributed by atoms with Gasteiger partial charge in [-0.2, -0.15) is 0 Å². The maximum Gasteiger partial charge on any atom is 0.408 e. The second-order valence-electron chi connectivity index (χ2n) is 9.05. The molecule has 0 radical (unpaired) electrons. The lowest BCUT2D eigenvalue weighted by molar-refractivity contribution is -0.156. The van der Waals surface area contributed by atoms with Crippen molar-refractivity contribution in [2.24, 2.45) is 5.92 Å². The van der Waals surface area contributed by atoms with Crippen LogP contribution in [0, 0.1) is 5.92 Å². The van der Waals surface area contributed by atoms with Gasteiger partial charge in [-0.15, -0.1) is 0 Å². The molecule has 9 heteroatoms. The minimum atomic E-state index is -1.26. The van der Waals surface area contributed by atoms with Crippen molar-refractivity contribution in [2.45, 2.75) is 84.1 Å². The molecule has 28 heavy (non-hydrogen) atoms. The number of ether oxygens (including phenoxy) is 3. The van der Waals surface area contributed by atoms with Gasteiger partial charge in [0.1, 0.15) is 22.8 Å². The Morgan fingerprint density at radius 1 is 1.04 bits per heavy atom. The van der Waals surface area contributed by atoms with Gasteiger partial charge in [0.15, 0.2) is 0 Å². The van der Waals surface area contributed by atoms with Gasteiger partial charge in [-0.25, -0.2) is 9.59 Å². The highest BCUT2D eigenvalue weighted by molar-refractivity contribution is 5.95. The molecule has 2 N–H and O–H groups in total. The first kappa shape index (κ1) is 23.7. The Hall–Kier alpha value is -2.32. The molecule has 0 aliphatic heterocycles. The van der Waals surface area contributed by atoms with E-state index < -0.39 is 53.1 Å². The minimum Gasteiger partial charge on any atom is -0.467 e. The number of esters is 2. The number of rotatable bonds is 6. The maximum absolute atomic E-state index is 12.8. The summed E-state index contributed by atoms with van der Waals surface area (Å²) in [5.41, 5.74) is -2.68. The summed E-state index contributed by atoms with van der Waals surface area (Å²) in [5, 5.41) is 5.00. The van der Waals surface area contributed by atoms with Crippen molar-refractivity contribution in [3.63, 3.8) is 0 Å². The first-order chi connectivity index (χ1) is 12.6. The zero-order valence-electron chi connectivity index (χ0n) is 17.9. The Morgan fingerprint density at radius 3 is 1.93 bits per heavy atom. The molecule has 1 aliphatic rings. The summed E-state index contributed by atoms with van der Waals surface area (Å²) < 4.78 is 15.2. The standard InChI is InChI=1S/C19H32N2O7/c1-11-10-19(11,15(24)26-8)21-14(23)12(9-13(22)27-17(2,3)4)20-16(25)28-18(5,6)7/h11-12H,9-10H2,1-8H3,(H,20,25)(H,21,23)/t11-,12?,19-/m1/s1. The number of hydrogen-bond acceptors (Lipinski definition) is 7. The third-order valence-corrected chi connectivity index (χ3v) is 4.00. The van der Waals surface area contributed by atoms with Crippen LogP contribution in [0.5, 0.6) is 0 Å². The zero-order chi connectivity index (χ0) is 21.9. The molecule has 0 aromatic carbocycles. The summed E-state index contributed by atoms with van der Waals surface area (Å²) in [7, 11) is 1.23.